The van der Waals surface area contributed by atoms with Gasteiger partial charge in [-0.2, -0.15) is 0 Å². The average molecular weight is 585 g/mol. The van der Waals surface area contributed by atoms with Crippen molar-refractivity contribution in [1.29, 1.82) is 0 Å². The monoisotopic (exact) mass is 584 g/mol. The van der Waals surface area contributed by atoms with Crippen LogP contribution in [0.4, 0.5) is 0 Å². The minimum absolute atomic E-state index is 0. The van der Waals surface area contributed by atoms with Crippen LogP contribution in [0.3, 0.4) is 0 Å². The van der Waals surface area contributed by atoms with Crippen molar-refractivity contribution >= 4 is 21.5 Å². The van der Waals surface area contributed by atoms with E-state index >= 15 is 0 Å². The number of rotatable bonds is 0. The molecule has 0 spiro atoms. The van der Waals surface area contributed by atoms with Crippen LogP contribution >= 0.6 is 0 Å². The van der Waals surface area contributed by atoms with Crippen LogP contribution in [0.25, 0.3) is 21.5 Å². The van der Waals surface area contributed by atoms with Crippen molar-refractivity contribution in [3.8, 4) is 11.5 Å². The molecule has 0 radical (unpaired) electrons. The molecule has 4 unspecified atom stereocenters. The van der Waals surface area contributed by atoms with Gasteiger partial charge in [0.05, 0.1) is 0 Å². The van der Waals surface area contributed by atoms with Gasteiger partial charge in [0.15, 0.2) is 0 Å². The second-order valence-electron chi connectivity index (χ2n) is 12.5. The number of hydrogen-bond acceptors (Lipinski definition) is 2. The van der Waals surface area contributed by atoms with E-state index in [1.54, 1.807) is 63.5 Å². The molecule has 4 saturated carbocycles. The van der Waals surface area contributed by atoms with E-state index in [2.05, 4.69) is 0 Å². The zero-order valence-electron chi connectivity index (χ0n) is 24.7. The molecule has 0 saturated heterocycles. The van der Waals surface area contributed by atoms with Crippen molar-refractivity contribution in [3.05, 3.63) is 84.9 Å². The number of benzene rings is 4. The topological polar surface area (TPSA) is 40.5 Å². The Kier molecular flexibility index (Phi) is 12.6. The third-order valence-electron chi connectivity index (χ3n) is 9.97. The molecular formula is C38H48O2Ti. The van der Waals surface area contributed by atoms with Gasteiger partial charge in [-0.15, -0.1) is 0 Å². The van der Waals surface area contributed by atoms with Gasteiger partial charge < -0.3 is 10.2 Å². The fourth-order valence-electron chi connectivity index (χ4n) is 7.79. The van der Waals surface area contributed by atoms with Crippen molar-refractivity contribution in [2.75, 3.05) is 0 Å². The number of phenolic OH excluding ortho intramolecular Hbond substituents is 2. The van der Waals surface area contributed by atoms with Gasteiger partial charge in [-0.05, 0) is 46.6 Å². The number of hydrogen-bond donors (Lipinski definition) is 2. The van der Waals surface area contributed by atoms with Gasteiger partial charge in [0.1, 0.15) is 11.5 Å². The van der Waals surface area contributed by atoms with Crippen molar-refractivity contribution < 1.29 is 31.9 Å². The van der Waals surface area contributed by atoms with Crippen LogP contribution in [0.2, 0.25) is 0 Å². The SMILES string of the molecule is C1CCC2CCCC2C1.C1CCC2CCCC2C1.Oc1cccc2ccccc12.Oc1cccc2ccccc12.[Ti]. The van der Waals surface area contributed by atoms with Gasteiger partial charge in [-0.1, -0.05) is 163 Å². The summed E-state index contributed by atoms with van der Waals surface area (Å²) < 4.78 is 0. The molecule has 3 heteroatoms. The Hall–Kier alpha value is -2.29. The number of fused-ring (bicyclic) bond motifs is 4. The quantitative estimate of drug-likeness (QED) is 0.202. The molecule has 2 nitrogen and oxygen atoms in total. The van der Waals surface area contributed by atoms with E-state index in [0.29, 0.717) is 11.5 Å². The maximum Gasteiger partial charge on any atom is 0.123 e. The summed E-state index contributed by atoms with van der Waals surface area (Å²) in [6, 6.07) is 26.6. The molecule has 4 aromatic rings. The first-order chi connectivity index (χ1) is 19.7. The molecule has 0 bridgehead atoms. The molecule has 8 rings (SSSR count). The summed E-state index contributed by atoms with van der Waals surface area (Å²) in [5.41, 5.74) is 0. The molecule has 2 N–H and O–H groups in total. The van der Waals surface area contributed by atoms with E-state index in [1.807, 2.05) is 72.8 Å². The molecule has 0 aromatic heterocycles. The van der Waals surface area contributed by atoms with E-state index in [9.17, 15) is 10.2 Å². The van der Waals surface area contributed by atoms with Gasteiger partial charge in [0.2, 0.25) is 0 Å². The molecule has 216 valence electrons. The first-order valence-electron chi connectivity index (χ1n) is 16.0. The maximum absolute atomic E-state index is 9.37. The first kappa shape index (κ1) is 31.6. The molecule has 4 aliphatic carbocycles. The molecule has 4 aromatic carbocycles. The summed E-state index contributed by atoms with van der Waals surface area (Å²) in [5, 5.41) is 22.7. The zero-order valence-corrected chi connectivity index (χ0v) is 26.2. The standard InChI is InChI=1S/2C10H8O.2C9H16.Ti/c2*11-10-7-3-5-8-4-1-2-6-9(8)10;2*1-2-5-9-7-3-6-8(9)4-1;/h2*1-7,11H;2*8-9H,1-7H2;. The average Bonchev–Trinajstić information content (AvgIpc) is 3.69. The van der Waals surface area contributed by atoms with Crippen LogP contribution in [0.1, 0.15) is 89.9 Å². The first-order valence-corrected chi connectivity index (χ1v) is 16.0. The normalized spacial score (nSPS) is 24.2. The molecule has 4 aliphatic rings. The summed E-state index contributed by atoms with van der Waals surface area (Å²) in [7, 11) is 0. The van der Waals surface area contributed by atoms with Gasteiger partial charge >= 0.3 is 0 Å². The molecule has 4 atom stereocenters. The van der Waals surface area contributed by atoms with E-state index in [0.717, 1.165) is 21.5 Å². The van der Waals surface area contributed by atoms with Crippen LogP contribution in [0.5, 0.6) is 11.5 Å². The van der Waals surface area contributed by atoms with Crippen molar-refractivity contribution in [1.82, 2.24) is 0 Å². The Balaban J connectivity index is 0.000000125. The fraction of sp³-hybridized carbons (Fsp3) is 0.474. The van der Waals surface area contributed by atoms with Crippen LogP contribution in [-0.4, -0.2) is 10.2 Å². The van der Waals surface area contributed by atoms with Gasteiger partial charge in [-0.3, -0.25) is 0 Å². The van der Waals surface area contributed by atoms with Crippen molar-refractivity contribution in [2.45, 2.75) is 89.9 Å². The van der Waals surface area contributed by atoms with Crippen LogP contribution in [0.15, 0.2) is 84.9 Å². The third-order valence-corrected chi connectivity index (χ3v) is 9.97. The number of aromatic hydroxyl groups is 2. The molecule has 0 aliphatic heterocycles. The van der Waals surface area contributed by atoms with Gasteiger partial charge in [0, 0.05) is 32.5 Å². The summed E-state index contributed by atoms with van der Waals surface area (Å²) in [4.78, 5) is 0. The predicted molar refractivity (Wildman–Crippen MR) is 170 cm³/mol. The molecule has 0 amide bonds. The fourth-order valence-corrected chi connectivity index (χ4v) is 7.79. The Morgan fingerprint density at radius 1 is 0.366 bits per heavy atom. The van der Waals surface area contributed by atoms with Crippen LogP contribution in [-0.2, 0) is 21.7 Å². The molecular weight excluding hydrogens is 536 g/mol. The van der Waals surface area contributed by atoms with E-state index in [1.165, 1.54) is 62.2 Å². The van der Waals surface area contributed by atoms with Crippen LogP contribution in [0, 0.1) is 23.7 Å². The van der Waals surface area contributed by atoms with E-state index < -0.39 is 0 Å². The Bertz CT molecular complexity index is 1200. The zero-order chi connectivity index (χ0) is 27.6. The summed E-state index contributed by atoms with van der Waals surface area (Å²) in [6.07, 6.45) is 21.7. The van der Waals surface area contributed by atoms with Crippen molar-refractivity contribution in [2.24, 2.45) is 23.7 Å². The third kappa shape index (κ3) is 8.85. The summed E-state index contributed by atoms with van der Waals surface area (Å²) in [6.45, 7) is 0. The Morgan fingerprint density at radius 2 is 0.659 bits per heavy atom. The van der Waals surface area contributed by atoms with Gasteiger partial charge in [-0.25, -0.2) is 0 Å². The largest absolute Gasteiger partial charge is 0.507 e. The summed E-state index contributed by atoms with van der Waals surface area (Å²) in [5.74, 6) is 5.36. The Labute approximate surface area is 262 Å². The Morgan fingerprint density at radius 3 is 1.00 bits per heavy atom. The van der Waals surface area contributed by atoms with E-state index in [4.69, 9.17) is 0 Å². The maximum atomic E-state index is 9.37. The second-order valence-corrected chi connectivity index (χ2v) is 12.5. The number of phenols is 2. The van der Waals surface area contributed by atoms with Crippen LogP contribution < -0.4 is 0 Å². The smallest absolute Gasteiger partial charge is 0.123 e. The van der Waals surface area contributed by atoms with E-state index in [-0.39, 0.29) is 21.7 Å². The minimum Gasteiger partial charge on any atom is -0.507 e. The summed E-state index contributed by atoms with van der Waals surface area (Å²) >= 11 is 0. The molecule has 4 fully saturated rings. The second kappa shape index (κ2) is 16.4. The van der Waals surface area contributed by atoms with Gasteiger partial charge in [0.25, 0.3) is 0 Å². The van der Waals surface area contributed by atoms with Crippen molar-refractivity contribution in [3.63, 3.8) is 0 Å². The predicted octanol–water partition coefficient (Wildman–Crippen LogP) is 11.0. The molecule has 0 heterocycles. The minimum atomic E-state index is 0. The molecule has 41 heavy (non-hydrogen) atoms.